The molecular formula is C42H38N4O5S2. The van der Waals surface area contributed by atoms with E-state index in [1.807, 2.05) is 36.4 Å². The maximum absolute atomic E-state index is 14.0. The molecule has 0 aliphatic heterocycles. The number of amides is 3. The number of methoxy groups -OCH3 is 2. The third-order valence-electron chi connectivity index (χ3n) is 8.82. The van der Waals surface area contributed by atoms with Crippen LogP contribution in [0.15, 0.2) is 114 Å². The van der Waals surface area contributed by atoms with Crippen molar-refractivity contribution in [1.82, 2.24) is 5.32 Å². The summed E-state index contributed by atoms with van der Waals surface area (Å²) >= 11 is 2.83. The number of nitrogens with one attached hydrogen (secondary N) is 3. The number of ether oxygens (including phenoxy) is 2. The first-order valence-electron chi connectivity index (χ1n) is 17.0. The smallest absolute Gasteiger partial charge is 0.272 e. The predicted octanol–water partition coefficient (Wildman–Crippen LogP) is 8.64. The van der Waals surface area contributed by atoms with Crippen LogP contribution in [-0.2, 0) is 22.4 Å². The van der Waals surface area contributed by atoms with E-state index in [-0.39, 0.29) is 11.6 Å². The summed E-state index contributed by atoms with van der Waals surface area (Å²) in [5.74, 6) is 0.290. The van der Waals surface area contributed by atoms with Gasteiger partial charge in [0.25, 0.3) is 11.8 Å². The van der Waals surface area contributed by atoms with Gasteiger partial charge in [0, 0.05) is 32.7 Å². The van der Waals surface area contributed by atoms with Crippen molar-refractivity contribution in [2.45, 2.75) is 36.3 Å². The van der Waals surface area contributed by atoms with Gasteiger partial charge in [-0.25, -0.2) is 0 Å². The maximum Gasteiger partial charge on any atom is 0.272 e. The first kappa shape index (κ1) is 36.9. The number of carbonyl (C=O) groups is 3. The molecular weight excluding hydrogens is 705 g/mol. The molecule has 5 aromatic rings. The standard InChI is InChI=1S/C42H38N4O5S2/c1-26-17-20-33-34(25-43)42(53-37(33)21-26)46-41(49)38(27-11-6-4-7-12-27)52-32-16-10-15-30(23-32)44-40(48)35(45-39(47)28-13-8-5-9-14-28)22-29-18-19-31(50-2)24-36(29)51-3/h4-16,18-19,22-24,26,38H,17,20-21H2,1-3H3,(H,44,48)(H,45,47)(H,46,49)/b35-22+. The Kier molecular flexibility index (Phi) is 11.9. The van der Waals surface area contributed by atoms with Gasteiger partial charge in [0.2, 0.25) is 5.91 Å². The van der Waals surface area contributed by atoms with E-state index in [0.29, 0.717) is 44.8 Å². The molecule has 3 amide bonds. The first-order valence-corrected chi connectivity index (χ1v) is 18.7. The second kappa shape index (κ2) is 17.1. The molecule has 53 heavy (non-hydrogen) atoms. The summed E-state index contributed by atoms with van der Waals surface area (Å²) in [6, 6.07) is 32.7. The van der Waals surface area contributed by atoms with Crippen LogP contribution >= 0.6 is 23.1 Å². The number of anilines is 2. The number of nitrogens with zero attached hydrogens (tertiary/aromatic N) is 1. The summed E-state index contributed by atoms with van der Waals surface area (Å²) in [5.41, 5.74) is 3.78. The lowest BCUT2D eigenvalue weighted by molar-refractivity contribution is -0.116. The van der Waals surface area contributed by atoms with Crippen LogP contribution in [0.1, 0.15) is 56.1 Å². The van der Waals surface area contributed by atoms with Gasteiger partial charge in [-0.05, 0) is 84.8 Å². The van der Waals surface area contributed by atoms with Crippen molar-refractivity contribution in [2.75, 3.05) is 24.9 Å². The number of carbonyl (C=O) groups excluding carboxylic acids is 3. The minimum Gasteiger partial charge on any atom is -0.497 e. The highest BCUT2D eigenvalue weighted by atomic mass is 32.2. The van der Waals surface area contributed by atoms with Crippen LogP contribution in [0, 0.1) is 17.2 Å². The number of hydrogen-bond acceptors (Lipinski definition) is 8. The molecule has 9 nitrogen and oxygen atoms in total. The topological polar surface area (TPSA) is 130 Å². The Balaban J connectivity index is 1.26. The van der Waals surface area contributed by atoms with Gasteiger partial charge in [-0.1, -0.05) is 61.5 Å². The molecule has 11 heteroatoms. The number of thiophene rings is 1. The van der Waals surface area contributed by atoms with E-state index in [9.17, 15) is 19.6 Å². The number of fused-ring (bicyclic) bond motifs is 1. The minimum absolute atomic E-state index is 0.0109. The van der Waals surface area contributed by atoms with E-state index in [2.05, 4.69) is 28.9 Å². The molecule has 1 aliphatic carbocycles. The molecule has 3 N–H and O–H groups in total. The third-order valence-corrected chi connectivity index (χ3v) is 11.2. The molecule has 2 atom stereocenters. The van der Waals surface area contributed by atoms with Gasteiger partial charge in [-0.2, -0.15) is 5.26 Å². The highest BCUT2D eigenvalue weighted by Crippen LogP contribution is 2.42. The van der Waals surface area contributed by atoms with Crippen LogP contribution in [-0.4, -0.2) is 31.9 Å². The Morgan fingerprint density at radius 2 is 1.68 bits per heavy atom. The molecule has 1 aliphatic rings. The molecule has 0 radical (unpaired) electrons. The lowest BCUT2D eigenvalue weighted by Gasteiger charge is -2.18. The second-order valence-electron chi connectivity index (χ2n) is 12.5. The van der Waals surface area contributed by atoms with Crippen molar-refractivity contribution in [3.63, 3.8) is 0 Å². The molecule has 268 valence electrons. The van der Waals surface area contributed by atoms with E-state index in [1.54, 1.807) is 79.9 Å². The van der Waals surface area contributed by atoms with E-state index in [1.165, 1.54) is 35.1 Å². The summed E-state index contributed by atoms with van der Waals surface area (Å²) in [5, 5.41) is 18.7. The Labute approximate surface area is 317 Å². The minimum atomic E-state index is -0.657. The second-order valence-corrected chi connectivity index (χ2v) is 14.8. The zero-order chi connectivity index (χ0) is 37.3. The maximum atomic E-state index is 14.0. The molecule has 4 aromatic carbocycles. The highest BCUT2D eigenvalue weighted by Gasteiger charge is 2.28. The summed E-state index contributed by atoms with van der Waals surface area (Å²) < 4.78 is 10.9. The van der Waals surface area contributed by atoms with Crippen LogP contribution in [0.25, 0.3) is 6.08 Å². The molecule has 1 heterocycles. The number of thioether (sulfide) groups is 1. The average Bonchev–Trinajstić information content (AvgIpc) is 3.52. The molecule has 1 aromatic heterocycles. The van der Waals surface area contributed by atoms with Gasteiger partial charge in [-0.3, -0.25) is 14.4 Å². The van der Waals surface area contributed by atoms with Crippen LogP contribution in [0.2, 0.25) is 0 Å². The lowest BCUT2D eigenvalue weighted by Crippen LogP contribution is -2.30. The first-order chi connectivity index (χ1) is 25.8. The van der Waals surface area contributed by atoms with Crippen LogP contribution < -0.4 is 25.4 Å². The molecule has 6 rings (SSSR count). The van der Waals surface area contributed by atoms with Crippen LogP contribution in [0.4, 0.5) is 10.7 Å². The van der Waals surface area contributed by atoms with Gasteiger partial charge < -0.3 is 25.4 Å². The van der Waals surface area contributed by atoms with Crippen molar-refractivity contribution < 1.29 is 23.9 Å². The van der Waals surface area contributed by atoms with Crippen molar-refractivity contribution in [3.05, 3.63) is 142 Å². The quantitative estimate of drug-likeness (QED) is 0.0862. The van der Waals surface area contributed by atoms with E-state index < -0.39 is 17.1 Å². The zero-order valence-electron chi connectivity index (χ0n) is 29.5. The molecule has 0 saturated heterocycles. The predicted molar refractivity (Wildman–Crippen MR) is 210 cm³/mol. The number of nitriles is 1. The van der Waals surface area contributed by atoms with E-state index in [4.69, 9.17) is 9.47 Å². The fraction of sp³-hybridized carbons (Fsp3) is 0.190. The molecule has 0 bridgehead atoms. The molecule has 0 fully saturated rings. The molecule has 2 unspecified atom stereocenters. The van der Waals surface area contributed by atoms with Gasteiger partial charge in [-0.15, -0.1) is 23.1 Å². The lowest BCUT2D eigenvalue weighted by atomic mass is 9.88. The van der Waals surface area contributed by atoms with E-state index >= 15 is 0 Å². The van der Waals surface area contributed by atoms with Crippen molar-refractivity contribution in [2.24, 2.45) is 5.92 Å². The monoisotopic (exact) mass is 742 g/mol. The summed E-state index contributed by atoms with van der Waals surface area (Å²) in [6.45, 7) is 2.21. The van der Waals surface area contributed by atoms with Crippen LogP contribution in [0.3, 0.4) is 0 Å². The summed E-state index contributed by atoms with van der Waals surface area (Å²) in [7, 11) is 3.06. The SMILES string of the molecule is COc1ccc(/C=C(/NC(=O)c2ccccc2)C(=O)Nc2cccc(SC(C(=O)Nc3sc4c(c3C#N)CCC(C)C4)c3ccccc3)c2)c(OC)c1. The van der Waals surface area contributed by atoms with Gasteiger partial charge >= 0.3 is 0 Å². The Morgan fingerprint density at radius 1 is 0.925 bits per heavy atom. The number of hydrogen-bond donors (Lipinski definition) is 3. The fourth-order valence-electron chi connectivity index (χ4n) is 6.05. The third kappa shape index (κ3) is 8.98. The summed E-state index contributed by atoms with van der Waals surface area (Å²) in [4.78, 5) is 43.0. The van der Waals surface area contributed by atoms with Crippen molar-refractivity contribution in [3.8, 4) is 17.6 Å². The number of benzene rings is 4. The van der Waals surface area contributed by atoms with Gasteiger partial charge in [0.05, 0.1) is 19.8 Å². The van der Waals surface area contributed by atoms with E-state index in [0.717, 1.165) is 35.3 Å². The van der Waals surface area contributed by atoms with Crippen LogP contribution in [0.5, 0.6) is 11.5 Å². The van der Waals surface area contributed by atoms with Gasteiger partial charge in [0.15, 0.2) is 0 Å². The zero-order valence-corrected chi connectivity index (χ0v) is 31.1. The normalized spacial score (nSPS) is 14.2. The molecule has 0 spiro atoms. The Morgan fingerprint density at radius 3 is 2.40 bits per heavy atom. The van der Waals surface area contributed by atoms with Crippen molar-refractivity contribution in [1.29, 1.82) is 5.26 Å². The Hall–Kier alpha value is -5.83. The largest absolute Gasteiger partial charge is 0.497 e. The van der Waals surface area contributed by atoms with Gasteiger partial charge in [0.1, 0.15) is 33.5 Å². The van der Waals surface area contributed by atoms with Crippen molar-refractivity contribution >= 4 is 57.6 Å². The average molecular weight is 743 g/mol. The highest BCUT2D eigenvalue weighted by molar-refractivity contribution is 8.00. The fourth-order valence-corrected chi connectivity index (χ4v) is 8.50. The summed E-state index contributed by atoms with van der Waals surface area (Å²) in [6.07, 6.45) is 4.30. The number of rotatable bonds is 12. The molecule has 0 saturated carbocycles. The Bertz CT molecular complexity index is 2190.